The lowest BCUT2D eigenvalue weighted by atomic mass is 9.72. The maximum atomic E-state index is 6.43. The predicted molar refractivity (Wildman–Crippen MR) is 126 cm³/mol. The maximum absolute atomic E-state index is 6.43. The van der Waals surface area contributed by atoms with Crippen LogP contribution in [0, 0.1) is 0 Å². The molecule has 1 spiro atoms. The van der Waals surface area contributed by atoms with Gasteiger partial charge in [0.25, 0.3) is 0 Å². The Morgan fingerprint density at radius 1 is 1.09 bits per heavy atom. The number of methoxy groups -OCH3 is 1. The average molecular weight is 448 g/mol. The summed E-state index contributed by atoms with van der Waals surface area (Å²) in [5.41, 5.74) is 7.23. The smallest absolute Gasteiger partial charge is 0.242 e. The fourth-order valence-corrected chi connectivity index (χ4v) is 6.00. The Labute approximate surface area is 192 Å². The first-order chi connectivity index (χ1) is 15.6. The zero-order valence-corrected chi connectivity index (χ0v) is 19.2. The molecule has 1 saturated carbocycles. The lowest BCUT2D eigenvalue weighted by Crippen LogP contribution is -2.27. The first kappa shape index (κ1) is 19.8. The van der Waals surface area contributed by atoms with Crippen LogP contribution in [0.2, 0.25) is 5.02 Å². The van der Waals surface area contributed by atoms with Gasteiger partial charge in [-0.15, -0.1) is 0 Å². The van der Waals surface area contributed by atoms with E-state index in [-0.39, 0.29) is 5.41 Å². The lowest BCUT2D eigenvalue weighted by Gasteiger charge is -2.32. The SMILES string of the molecule is COc1nc(-c2ccccc2Cl)cc2[nH]c(-c3c4c(nn3C)C3(CCCCC3)CC4)nc12. The quantitative estimate of drug-likeness (QED) is 0.428. The molecule has 32 heavy (non-hydrogen) atoms. The van der Waals surface area contributed by atoms with Gasteiger partial charge in [-0.25, -0.2) is 9.97 Å². The normalized spacial score (nSPS) is 17.2. The summed E-state index contributed by atoms with van der Waals surface area (Å²) in [6.07, 6.45) is 8.76. The Morgan fingerprint density at radius 2 is 1.91 bits per heavy atom. The van der Waals surface area contributed by atoms with Gasteiger partial charge >= 0.3 is 0 Å². The number of H-pyrrole nitrogens is 1. The third kappa shape index (κ3) is 2.89. The highest BCUT2D eigenvalue weighted by molar-refractivity contribution is 6.33. The van der Waals surface area contributed by atoms with Crippen LogP contribution in [-0.2, 0) is 18.9 Å². The summed E-state index contributed by atoms with van der Waals surface area (Å²) < 4.78 is 7.62. The van der Waals surface area contributed by atoms with E-state index >= 15 is 0 Å². The summed E-state index contributed by atoms with van der Waals surface area (Å²) in [5.74, 6) is 1.31. The van der Waals surface area contributed by atoms with Crippen LogP contribution >= 0.6 is 11.6 Å². The Hall–Kier alpha value is -2.86. The molecule has 0 saturated heterocycles. The predicted octanol–water partition coefficient (Wildman–Crippen LogP) is 5.84. The average Bonchev–Trinajstić information content (AvgIpc) is 3.47. The number of benzene rings is 1. The summed E-state index contributed by atoms with van der Waals surface area (Å²) in [5, 5.41) is 5.68. The molecule has 0 atom stereocenters. The van der Waals surface area contributed by atoms with Gasteiger partial charge in [-0.1, -0.05) is 49.1 Å². The number of rotatable bonds is 3. The Balaban J connectivity index is 1.49. The molecular weight excluding hydrogens is 422 g/mol. The van der Waals surface area contributed by atoms with Crippen molar-refractivity contribution in [2.75, 3.05) is 7.11 Å². The van der Waals surface area contributed by atoms with Crippen LogP contribution < -0.4 is 4.74 Å². The van der Waals surface area contributed by atoms with E-state index in [1.54, 1.807) is 7.11 Å². The summed E-state index contributed by atoms with van der Waals surface area (Å²) in [4.78, 5) is 13.1. The molecule has 6 rings (SSSR count). The summed E-state index contributed by atoms with van der Waals surface area (Å²) in [7, 11) is 3.66. The second-order valence-electron chi connectivity index (χ2n) is 9.12. The number of hydrogen-bond donors (Lipinski definition) is 1. The van der Waals surface area contributed by atoms with Gasteiger partial charge in [0, 0.05) is 28.6 Å². The number of pyridine rings is 1. The van der Waals surface area contributed by atoms with Gasteiger partial charge in [0.15, 0.2) is 11.3 Å². The van der Waals surface area contributed by atoms with Crippen LogP contribution in [0.15, 0.2) is 30.3 Å². The number of halogens is 1. The number of imidazole rings is 1. The van der Waals surface area contributed by atoms with Crippen molar-refractivity contribution in [3.05, 3.63) is 46.6 Å². The molecule has 2 aliphatic rings. The van der Waals surface area contributed by atoms with Crippen LogP contribution in [0.25, 0.3) is 33.8 Å². The highest BCUT2D eigenvalue weighted by Crippen LogP contribution is 2.50. The minimum absolute atomic E-state index is 0.270. The fourth-order valence-electron chi connectivity index (χ4n) is 5.77. The first-order valence-electron chi connectivity index (χ1n) is 11.4. The van der Waals surface area contributed by atoms with Gasteiger partial charge in [0.1, 0.15) is 5.69 Å². The molecule has 7 heteroatoms. The fraction of sp³-hybridized carbons (Fsp3) is 0.400. The highest BCUT2D eigenvalue weighted by atomic mass is 35.5. The van der Waals surface area contributed by atoms with Crippen molar-refractivity contribution in [3.8, 4) is 28.7 Å². The zero-order chi connectivity index (χ0) is 21.9. The molecule has 0 radical (unpaired) electrons. The molecule has 1 fully saturated rings. The molecule has 0 amide bonds. The molecular formula is C25H26ClN5O. The van der Waals surface area contributed by atoms with E-state index in [9.17, 15) is 0 Å². The van der Waals surface area contributed by atoms with Crippen LogP contribution in [-0.4, -0.2) is 31.8 Å². The monoisotopic (exact) mass is 447 g/mol. The Bertz CT molecular complexity index is 1330. The number of ether oxygens (including phenoxy) is 1. The molecule has 164 valence electrons. The van der Waals surface area contributed by atoms with Crippen LogP contribution in [0.4, 0.5) is 0 Å². The van der Waals surface area contributed by atoms with Gasteiger partial charge in [-0.2, -0.15) is 5.10 Å². The molecule has 0 unspecified atom stereocenters. The van der Waals surface area contributed by atoms with Crippen molar-refractivity contribution >= 4 is 22.6 Å². The number of nitrogens with zero attached hydrogens (tertiary/aromatic N) is 4. The third-order valence-corrected chi connectivity index (χ3v) is 7.65. The highest BCUT2D eigenvalue weighted by Gasteiger charge is 2.44. The van der Waals surface area contributed by atoms with E-state index in [2.05, 4.69) is 4.98 Å². The molecule has 1 N–H and O–H groups in total. The molecule has 0 bridgehead atoms. The molecule has 6 nitrogen and oxygen atoms in total. The number of nitrogens with one attached hydrogen (secondary N) is 1. The topological polar surface area (TPSA) is 68.6 Å². The van der Waals surface area contributed by atoms with Gasteiger partial charge in [-0.3, -0.25) is 4.68 Å². The standard InChI is InChI=1S/C25H26ClN5O/c1-31-21(16-10-13-25(22(16)30-31)11-6-3-7-12-25)23-27-19-14-18(15-8-4-5-9-17(15)26)28-24(32-2)20(19)29-23/h4-5,8-9,14H,3,6-7,10-13H2,1-2H3,(H,27,29). The van der Waals surface area contributed by atoms with Gasteiger partial charge in [-0.05, 0) is 37.8 Å². The maximum Gasteiger partial charge on any atom is 0.242 e. The summed E-state index contributed by atoms with van der Waals surface area (Å²) in [6.45, 7) is 0. The molecule has 4 aromatic rings. The van der Waals surface area contributed by atoms with Gasteiger partial charge in [0.05, 0.1) is 24.0 Å². The van der Waals surface area contributed by atoms with Crippen molar-refractivity contribution in [2.24, 2.45) is 7.05 Å². The summed E-state index contributed by atoms with van der Waals surface area (Å²) in [6, 6.07) is 9.70. The minimum Gasteiger partial charge on any atom is -0.479 e. The van der Waals surface area contributed by atoms with Crippen LogP contribution in [0.5, 0.6) is 5.88 Å². The van der Waals surface area contributed by atoms with Crippen LogP contribution in [0.1, 0.15) is 49.8 Å². The van der Waals surface area contributed by atoms with Crippen molar-refractivity contribution in [1.29, 1.82) is 0 Å². The third-order valence-electron chi connectivity index (χ3n) is 7.32. The second-order valence-corrected chi connectivity index (χ2v) is 9.53. The van der Waals surface area contributed by atoms with Gasteiger partial charge < -0.3 is 9.72 Å². The first-order valence-corrected chi connectivity index (χ1v) is 11.7. The van der Waals surface area contributed by atoms with E-state index in [1.165, 1.54) is 49.8 Å². The number of aromatic amines is 1. The number of aromatic nitrogens is 5. The zero-order valence-electron chi connectivity index (χ0n) is 18.4. The van der Waals surface area contributed by atoms with E-state index in [0.29, 0.717) is 10.9 Å². The van der Waals surface area contributed by atoms with E-state index in [0.717, 1.165) is 40.2 Å². The summed E-state index contributed by atoms with van der Waals surface area (Å²) >= 11 is 6.43. The molecule has 0 aliphatic heterocycles. The van der Waals surface area contributed by atoms with Crippen molar-refractivity contribution in [2.45, 2.75) is 50.4 Å². The second kappa shape index (κ2) is 7.34. The van der Waals surface area contributed by atoms with Crippen LogP contribution in [0.3, 0.4) is 0 Å². The molecule has 2 aliphatic carbocycles. The van der Waals surface area contributed by atoms with E-state index < -0.39 is 0 Å². The lowest BCUT2D eigenvalue weighted by molar-refractivity contribution is 0.283. The Kier molecular flexibility index (Phi) is 4.54. The largest absolute Gasteiger partial charge is 0.479 e. The van der Waals surface area contributed by atoms with Gasteiger partial charge in [0.2, 0.25) is 5.88 Å². The molecule has 3 heterocycles. The van der Waals surface area contributed by atoms with Crippen molar-refractivity contribution in [3.63, 3.8) is 0 Å². The molecule has 3 aromatic heterocycles. The molecule has 1 aromatic carbocycles. The van der Waals surface area contributed by atoms with Crippen molar-refractivity contribution < 1.29 is 4.74 Å². The minimum atomic E-state index is 0.270. The van der Waals surface area contributed by atoms with E-state index in [4.69, 9.17) is 31.4 Å². The number of fused-ring (bicyclic) bond motifs is 3. The Morgan fingerprint density at radius 3 is 2.69 bits per heavy atom. The number of hydrogen-bond acceptors (Lipinski definition) is 4. The number of aryl methyl sites for hydroxylation is 1. The van der Waals surface area contributed by atoms with Crippen molar-refractivity contribution in [1.82, 2.24) is 24.7 Å². The van der Waals surface area contributed by atoms with E-state index in [1.807, 2.05) is 42.1 Å².